The number of hydrogen-bond donors (Lipinski definition) is 2. The predicted molar refractivity (Wildman–Crippen MR) is 93.6 cm³/mol. The Morgan fingerprint density at radius 1 is 1.22 bits per heavy atom. The van der Waals surface area contributed by atoms with Gasteiger partial charge in [-0.15, -0.1) is 0 Å². The average molecular weight is 346 g/mol. The summed E-state index contributed by atoms with van der Waals surface area (Å²) in [5.74, 6) is 0.744. The Balaban J connectivity index is 2.07. The lowest BCUT2D eigenvalue weighted by molar-refractivity contribution is 0.0768. The van der Waals surface area contributed by atoms with E-state index in [2.05, 4.69) is 15.6 Å². The molecule has 0 amide bonds. The van der Waals surface area contributed by atoms with E-state index in [1.54, 1.807) is 0 Å². The van der Waals surface area contributed by atoms with E-state index in [9.17, 15) is 8.42 Å². The van der Waals surface area contributed by atoms with Crippen molar-refractivity contribution in [1.82, 2.24) is 10.6 Å². The number of ether oxygens (including phenoxy) is 1. The summed E-state index contributed by atoms with van der Waals surface area (Å²) in [4.78, 5) is 4.63. The number of aliphatic imine (C=N–C) groups is 1. The van der Waals surface area contributed by atoms with Crippen molar-refractivity contribution in [2.75, 3.05) is 32.6 Å². The van der Waals surface area contributed by atoms with Crippen molar-refractivity contribution in [3.63, 3.8) is 0 Å². The molecule has 134 valence electrons. The SMILES string of the molecule is CCNC(=NCC1(S(C)(=O)=O)CCOCC1)NC1CCCCC1. The van der Waals surface area contributed by atoms with E-state index in [0.717, 1.165) is 25.3 Å². The molecule has 0 aromatic rings. The van der Waals surface area contributed by atoms with Crippen LogP contribution in [0.3, 0.4) is 0 Å². The first-order valence-electron chi connectivity index (χ1n) is 8.79. The summed E-state index contributed by atoms with van der Waals surface area (Å²) in [6.07, 6.45) is 8.52. The molecule has 2 aliphatic rings. The molecule has 0 unspecified atom stereocenters. The molecule has 23 heavy (non-hydrogen) atoms. The number of rotatable bonds is 5. The van der Waals surface area contributed by atoms with E-state index >= 15 is 0 Å². The van der Waals surface area contributed by atoms with Gasteiger partial charge in [-0.25, -0.2) is 8.42 Å². The maximum Gasteiger partial charge on any atom is 0.191 e. The Kier molecular flexibility index (Phi) is 6.71. The first-order chi connectivity index (χ1) is 11.0. The van der Waals surface area contributed by atoms with Gasteiger partial charge in [0.05, 0.1) is 11.3 Å². The van der Waals surface area contributed by atoms with Gasteiger partial charge in [0.1, 0.15) is 0 Å². The molecule has 1 saturated heterocycles. The van der Waals surface area contributed by atoms with Gasteiger partial charge >= 0.3 is 0 Å². The highest BCUT2D eigenvalue weighted by Crippen LogP contribution is 2.29. The Hall–Kier alpha value is -0.820. The lowest BCUT2D eigenvalue weighted by Crippen LogP contribution is -2.48. The number of sulfone groups is 1. The lowest BCUT2D eigenvalue weighted by Gasteiger charge is -2.34. The molecule has 1 aliphatic heterocycles. The fraction of sp³-hybridized carbons (Fsp3) is 0.938. The van der Waals surface area contributed by atoms with Crippen LogP contribution in [-0.2, 0) is 14.6 Å². The second kappa shape index (κ2) is 8.33. The van der Waals surface area contributed by atoms with Crippen molar-refractivity contribution < 1.29 is 13.2 Å². The average Bonchev–Trinajstić information content (AvgIpc) is 2.54. The summed E-state index contributed by atoms with van der Waals surface area (Å²) >= 11 is 0. The zero-order valence-electron chi connectivity index (χ0n) is 14.4. The normalized spacial score (nSPS) is 23.5. The molecule has 0 aromatic carbocycles. The summed E-state index contributed by atoms with van der Waals surface area (Å²) in [6, 6.07) is 0.449. The summed E-state index contributed by atoms with van der Waals surface area (Å²) in [7, 11) is -3.17. The zero-order chi connectivity index (χ0) is 16.8. The van der Waals surface area contributed by atoms with Gasteiger partial charge < -0.3 is 15.4 Å². The Labute approximate surface area is 140 Å². The number of nitrogens with zero attached hydrogens (tertiary/aromatic N) is 1. The largest absolute Gasteiger partial charge is 0.381 e. The lowest BCUT2D eigenvalue weighted by atomic mass is 9.96. The van der Waals surface area contributed by atoms with Crippen LogP contribution in [0.2, 0.25) is 0 Å². The van der Waals surface area contributed by atoms with Gasteiger partial charge in [-0.1, -0.05) is 19.3 Å². The highest BCUT2D eigenvalue weighted by atomic mass is 32.2. The standard InChI is InChI=1S/C16H31N3O3S/c1-3-17-15(19-14-7-5-4-6-8-14)18-13-16(23(2,20)21)9-11-22-12-10-16/h14H,3-13H2,1-2H3,(H2,17,18,19). The minimum absolute atomic E-state index is 0.303. The molecular weight excluding hydrogens is 314 g/mol. The third-order valence-electron chi connectivity index (χ3n) is 5.01. The summed E-state index contributed by atoms with van der Waals surface area (Å²) in [5, 5.41) is 6.73. The van der Waals surface area contributed by atoms with Gasteiger partial charge in [0, 0.05) is 32.1 Å². The molecule has 2 fully saturated rings. The van der Waals surface area contributed by atoms with Crippen molar-refractivity contribution in [2.24, 2.45) is 4.99 Å². The molecule has 0 spiro atoms. The fourth-order valence-corrected chi connectivity index (χ4v) is 4.58. The molecule has 0 aromatic heterocycles. The molecule has 0 bridgehead atoms. The Morgan fingerprint density at radius 2 is 1.87 bits per heavy atom. The van der Waals surface area contributed by atoms with E-state index in [-0.39, 0.29) is 0 Å². The van der Waals surface area contributed by atoms with Crippen molar-refractivity contribution in [2.45, 2.75) is 62.7 Å². The molecule has 1 heterocycles. The molecule has 0 radical (unpaired) electrons. The van der Waals surface area contributed by atoms with Crippen LogP contribution in [0, 0.1) is 0 Å². The van der Waals surface area contributed by atoms with E-state index in [0.29, 0.717) is 38.6 Å². The fourth-order valence-electron chi connectivity index (χ4n) is 3.37. The number of hydrogen-bond acceptors (Lipinski definition) is 4. The van der Waals surface area contributed by atoms with E-state index in [1.807, 2.05) is 6.92 Å². The van der Waals surface area contributed by atoms with Crippen molar-refractivity contribution in [3.8, 4) is 0 Å². The Morgan fingerprint density at radius 3 is 2.43 bits per heavy atom. The van der Waals surface area contributed by atoms with Gasteiger partial charge in [-0.3, -0.25) is 4.99 Å². The molecule has 2 N–H and O–H groups in total. The van der Waals surface area contributed by atoms with Crippen LogP contribution in [0.15, 0.2) is 4.99 Å². The number of guanidine groups is 1. The third-order valence-corrected chi connectivity index (χ3v) is 7.12. The first kappa shape index (κ1) is 18.5. The van der Waals surface area contributed by atoms with Gasteiger partial charge in [0.2, 0.25) is 0 Å². The zero-order valence-corrected chi connectivity index (χ0v) is 15.3. The van der Waals surface area contributed by atoms with E-state index in [1.165, 1.54) is 25.5 Å². The van der Waals surface area contributed by atoms with Crippen LogP contribution in [-0.4, -0.2) is 57.7 Å². The van der Waals surface area contributed by atoms with Crippen LogP contribution >= 0.6 is 0 Å². The van der Waals surface area contributed by atoms with E-state index in [4.69, 9.17) is 4.74 Å². The minimum Gasteiger partial charge on any atom is -0.381 e. The Bertz CT molecular complexity index is 493. The summed E-state index contributed by atoms with van der Waals surface area (Å²) in [5.41, 5.74) is 0. The van der Waals surface area contributed by atoms with Gasteiger partial charge in [0.15, 0.2) is 15.8 Å². The second-order valence-electron chi connectivity index (χ2n) is 6.74. The first-order valence-corrected chi connectivity index (χ1v) is 10.7. The van der Waals surface area contributed by atoms with Crippen molar-refractivity contribution in [3.05, 3.63) is 0 Å². The van der Waals surface area contributed by atoms with Gasteiger partial charge in [0.25, 0.3) is 0 Å². The molecule has 1 aliphatic carbocycles. The highest BCUT2D eigenvalue weighted by Gasteiger charge is 2.42. The molecule has 0 atom stereocenters. The predicted octanol–water partition coefficient (Wildman–Crippen LogP) is 1.47. The van der Waals surface area contributed by atoms with Crippen LogP contribution in [0.1, 0.15) is 51.9 Å². The number of nitrogens with one attached hydrogen (secondary N) is 2. The maximum atomic E-state index is 12.3. The molecule has 1 saturated carbocycles. The molecule has 6 nitrogen and oxygen atoms in total. The molecular formula is C16H31N3O3S. The minimum atomic E-state index is -3.17. The summed E-state index contributed by atoms with van der Waals surface area (Å²) < 4.78 is 29.2. The van der Waals surface area contributed by atoms with Crippen LogP contribution in [0.5, 0.6) is 0 Å². The monoisotopic (exact) mass is 345 g/mol. The second-order valence-corrected chi connectivity index (χ2v) is 9.15. The third kappa shape index (κ3) is 5.08. The van der Waals surface area contributed by atoms with Gasteiger partial charge in [-0.05, 0) is 32.6 Å². The smallest absolute Gasteiger partial charge is 0.191 e. The topological polar surface area (TPSA) is 79.8 Å². The highest BCUT2D eigenvalue weighted by molar-refractivity contribution is 7.92. The van der Waals surface area contributed by atoms with Crippen LogP contribution < -0.4 is 10.6 Å². The van der Waals surface area contributed by atoms with E-state index < -0.39 is 14.6 Å². The maximum absolute atomic E-state index is 12.3. The van der Waals surface area contributed by atoms with Gasteiger partial charge in [-0.2, -0.15) is 0 Å². The quantitative estimate of drug-likeness (QED) is 0.583. The van der Waals surface area contributed by atoms with Crippen molar-refractivity contribution >= 4 is 15.8 Å². The van der Waals surface area contributed by atoms with Crippen LogP contribution in [0.25, 0.3) is 0 Å². The molecule has 7 heteroatoms. The van der Waals surface area contributed by atoms with Crippen molar-refractivity contribution in [1.29, 1.82) is 0 Å². The van der Waals surface area contributed by atoms with Crippen LogP contribution in [0.4, 0.5) is 0 Å². The summed E-state index contributed by atoms with van der Waals surface area (Å²) in [6.45, 7) is 4.09. The molecule has 2 rings (SSSR count).